The molecule has 2 amide bonds. The molecule has 31 heavy (non-hydrogen) atoms. The third kappa shape index (κ3) is 6.18. The number of hydrogen-bond acceptors (Lipinski definition) is 4. The average Bonchev–Trinajstić information content (AvgIpc) is 2.70. The molecule has 168 valence electrons. The fourth-order valence-electron chi connectivity index (χ4n) is 3.93. The number of urea groups is 1. The monoisotopic (exact) mass is 423 g/mol. The van der Waals surface area contributed by atoms with Crippen LogP contribution in [-0.2, 0) is 12.8 Å². The Kier molecular flexibility index (Phi) is 7.52. The average molecular weight is 424 g/mol. The van der Waals surface area contributed by atoms with Crippen LogP contribution in [-0.4, -0.2) is 53.1 Å². The standard InChI is InChI=1S/C25H37N5O/c1-17(2)15-23-27-20(6)22(16-21-9-7-19(5)8-10-21)24(28-23)29-11-13-30(14-12-29)25(31)26-18(3)4/h7-10,17-18H,11-16H2,1-6H3,(H,26,31). The second-order valence-corrected chi connectivity index (χ2v) is 9.37. The van der Waals surface area contributed by atoms with E-state index in [-0.39, 0.29) is 12.1 Å². The van der Waals surface area contributed by atoms with Gasteiger partial charge in [0.05, 0.1) is 0 Å². The van der Waals surface area contributed by atoms with Crippen LogP contribution in [0.2, 0.25) is 0 Å². The normalized spacial score (nSPS) is 14.5. The van der Waals surface area contributed by atoms with E-state index in [4.69, 9.17) is 9.97 Å². The second-order valence-electron chi connectivity index (χ2n) is 9.37. The highest BCUT2D eigenvalue weighted by Crippen LogP contribution is 2.26. The van der Waals surface area contributed by atoms with Crippen LogP contribution >= 0.6 is 0 Å². The molecule has 0 saturated carbocycles. The lowest BCUT2D eigenvalue weighted by molar-refractivity contribution is 0.191. The molecule has 1 fully saturated rings. The topological polar surface area (TPSA) is 61.4 Å². The van der Waals surface area contributed by atoms with Crippen LogP contribution in [0.3, 0.4) is 0 Å². The molecule has 1 aliphatic rings. The number of piperazine rings is 1. The van der Waals surface area contributed by atoms with E-state index in [9.17, 15) is 4.79 Å². The molecule has 2 aromatic rings. The van der Waals surface area contributed by atoms with Gasteiger partial charge in [-0.15, -0.1) is 0 Å². The van der Waals surface area contributed by atoms with Crippen molar-refractivity contribution in [3.63, 3.8) is 0 Å². The number of amides is 2. The number of nitrogens with zero attached hydrogens (tertiary/aromatic N) is 4. The first-order valence-corrected chi connectivity index (χ1v) is 11.4. The van der Waals surface area contributed by atoms with Crippen molar-refractivity contribution >= 4 is 11.8 Å². The lowest BCUT2D eigenvalue weighted by Gasteiger charge is -2.37. The molecule has 0 bridgehead atoms. The minimum Gasteiger partial charge on any atom is -0.353 e. The molecule has 6 heteroatoms. The first-order valence-electron chi connectivity index (χ1n) is 11.4. The molecule has 1 N–H and O–H groups in total. The van der Waals surface area contributed by atoms with Gasteiger partial charge < -0.3 is 15.1 Å². The summed E-state index contributed by atoms with van der Waals surface area (Å²) in [5, 5.41) is 3.00. The number of anilines is 1. The van der Waals surface area contributed by atoms with Gasteiger partial charge in [0, 0.05) is 56.3 Å². The molecular formula is C25H37N5O. The molecule has 0 atom stereocenters. The summed E-state index contributed by atoms with van der Waals surface area (Å²) in [5.41, 5.74) is 4.78. The van der Waals surface area contributed by atoms with Gasteiger partial charge >= 0.3 is 6.03 Å². The lowest BCUT2D eigenvalue weighted by Crippen LogP contribution is -2.53. The number of carbonyl (C=O) groups is 1. The maximum Gasteiger partial charge on any atom is 0.317 e. The van der Waals surface area contributed by atoms with Crippen molar-refractivity contribution in [2.24, 2.45) is 5.92 Å². The molecular weight excluding hydrogens is 386 g/mol. The Morgan fingerprint density at radius 3 is 2.23 bits per heavy atom. The Labute approximate surface area is 187 Å². The van der Waals surface area contributed by atoms with Crippen molar-refractivity contribution in [1.82, 2.24) is 20.2 Å². The second kappa shape index (κ2) is 10.1. The van der Waals surface area contributed by atoms with Gasteiger partial charge in [-0.2, -0.15) is 0 Å². The number of nitrogens with one attached hydrogen (secondary N) is 1. The Hall–Kier alpha value is -2.63. The Balaban J connectivity index is 1.85. The summed E-state index contributed by atoms with van der Waals surface area (Å²) in [6, 6.07) is 8.86. The van der Waals surface area contributed by atoms with E-state index in [1.807, 2.05) is 18.7 Å². The molecule has 1 aromatic heterocycles. The molecule has 0 spiro atoms. The van der Waals surface area contributed by atoms with Gasteiger partial charge in [0.2, 0.25) is 0 Å². The molecule has 6 nitrogen and oxygen atoms in total. The van der Waals surface area contributed by atoms with Gasteiger partial charge in [-0.3, -0.25) is 0 Å². The number of rotatable bonds is 6. The molecule has 1 saturated heterocycles. The zero-order chi connectivity index (χ0) is 22.5. The number of aromatic nitrogens is 2. The van der Waals surface area contributed by atoms with E-state index < -0.39 is 0 Å². The van der Waals surface area contributed by atoms with Crippen LogP contribution < -0.4 is 10.2 Å². The Morgan fingerprint density at radius 1 is 1.00 bits per heavy atom. The molecule has 3 rings (SSSR count). The fraction of sp³-hybridized carbons (Fsp3) is 0.560. The molecule has 1 aliphatic heterocycles. The van der Waals surface area contributed by atoms with Crippen molar-refractivity contribution in [1.29, 1.82) is 0 Å². The van der Waals surface area contributed by atoms with Crippen LogP contribution in [0.25, 0.3) is 0 Å². The minimum absolute atomic E-state index is 0.0221. The van der Waals surface area contributed by atoms with Gasteiger partial charge in [-0.05, 0) is 39.2 Å². The zero-order valence-electron chi connectivity index (χ0n) is 19.9. The summed E-state index contributed by atoms with van der Waals surface area (Å²) in [6.45, 7) is 15.6. The quantitative estimate of drug-likeness (QED) is 0.759. The van der Waals surface area contributed by atoms with E-state index >= 15 is 0 Å². The van der Waals surface area contributed by atoms with E-state index in [1.54, 1.807) is 0 Å². The lowest BCUT2D eigenvalue weighted by atomic mass is 10.0. The maximum atomic E-state index is 12.4. The zero-order valence-corrected chi connectivity index (χ0v) is 19.9. The number of hydrogen-bond donors (Lipinski definition) is 1. The summed E-state index contributed by atoms with van der Waals surface area (Å²) in [7, 11) is 0. The number of carbonyl (C=O) groups excluding carboxylic acids is 1. The van der Waals surface area contributed by atoms with Crippen molar-refractivity contribution in [3.05, 3.63) is 52.5 Å². The third-order valence-corrected chi connectivity index (χ3v) is 5.61. The highest BCUT2D eigenvalue weighted by molar-refractivity contribution is 5.74. The molecule has 0 radical (unpaired) electrons. The van der Waals surface area contributed by atoms with Crippen LogP contribution in [0.15, 0.2) is 24.3 Å². The maximum absolute atomic E-state index is 12.4. The summed E-state index contributed by atoms with van der Waals surface area (Å²) in [6.07, 6.45) is 1.69. The van der Waals surface area contributed by atoms with Gasteiger partial charge in [0.25, 0.3) is 0 Å². The smallest absolute Gasteiger partial charge is 0.317 e. The van der Waals surface area contributed by atoms with Gasteiger partial charge in [-0.1, -0.05) is 43.7 Å². The van der Waals surface area contributed by atoms with Crippen molar-refractivity contribution < 1.29 is 4.79 Å². The van der Waals surface area contributed by atoms with Crippen LogP contribution in [0, 0.1) is 19.8 Å². The molecule has 0 unspecified atom stereocenters. The molecule has 1 aromatic carbocycles. The van der Waals surface area contributed by atoms with E-state index in [0.717, 1.165) is 43.3 Å². The first-order chi connectivity index (χ1) is 14.7. The van der Waals surface area contributed by atoms with Crippen molar-refractivity contribution in [2.45, 2.75) is 60.4 Å². The predicted molar refractivity (Wildman–Crippen MR) is 127 cm³/mol. The highest BCUT2D eigenvalue weighted by atomic mass is 16.2. The van der Waals surface area contributed by atoms with Crippen LogP contribution in [0.4, 0.5) is 10.6 Å². The summed E-state index contributed by atoms with van der Waals surface area (Å²) in [4.78, 5) is 26.5. The SMILES string of the molecule is Cc1ccc(Cc2c(C)nc(CC(C)C)nc2N2CCN(C(=O)NC(C)C)CC2)cc1. The minimum atomic E-state index is 0.0221. The Bertz CT molecular complexity index is 884. The molecule has 0 aliphatic carbocycles. The largest absolute Gasteiger partial charge is 0.353 e. The van der Waals surface area contributed by atoms with Crippen molar-refractivity contribution in [2.75, 3.05) is 31.1 Å². The fourth-order valence-corrected chi connectivity index (χ4v) is 3.93. The van der Waals surface area contributed by atoms with Gasteiger partial charge in [0.15, 0.2) is 0 Å². The number of aryl methyl sites for hydroxylation is 2. The van der Waals surface area contributed by atoms with Crippen LogP contribution in [0.5, 0.6) is 0 Å². The molecule has 2 heterocycles. The van der Waals surface area contributed by atoms with Crippen LogP contribution in [0.1, 0.15) is 55.9 Å². The van der Waals surface area contributed by atoms with Gasteiger partial charge in [-0.25, -0.2) is 14.8 Å². The first kappa shape index (κ1) is 23.0. The number of benzene rings is 1. The van der Waals surface area contributed by atoms with E-state index in [2.05, 4.69) is 62.2 Å². The summed E-state index contributed by atoms with van der Waals surface area (Å²) >= 11 is 0. The van der Waals surface area contributed by atoms with Crippen molar-refractivity contribution in [3.8, 4) is 0 Å². The summed E-state index contributed by atoms with van der Waals surface area (Å²) < 4.78 is 0. The van der Waals surface area contributed by atoms with Gasteiger partial charge in [0.1, 0.15) is 11.6 Å². The van der Waals surface area contributed by atoms with E-state index in [1.165, 1.54) is 16.7 Å². The highest BCUT2D eigenvalue weighted by Gasteiger charge is 2.25. The summed E-state index contributed by atoms with van der Waals surface area (Å²) in [5.74, 6) is 2.45. The van der Waals surface area contributed by atoms with E-state index in [0.29, 0.717) is 19.0 Å². The predicted octanol–water partition coefficient (Wildman–Crippen LogP) is 4.12. The third-order valence-electron chi connectivity index (χ3n) is 5.61. The Morgan fingerprint density at radius 2 is 1.65 bits per heavy atom.